The minimum atomic E-state index is -0.294. The van der Waals surface area contributed by atoms with E-state index in [4.69, 9.17) is 15.7 Å². The van der Waals surface area contributed by atoms with Crippen molar-refractivity contribution in [2.45, 2.75) is 25.5 Å². The van der Waals surface area contributed by atoms with E-state index in [9.17, 15) is 0 Å². The third kappa shape index (κ3) is 3.14. The van der Waals surface area contributed by atoms with Crippen LogP contribution in [0.2, 0.25) is 0 Å². The molecule has 20 heavy (non-hydrogen) atoms. The molecule has 2 N–H and O–H groups in total. The van der Waals surface area contributed by atoms with Gasteiger partial charge in [0.2, 0.25) is 0 Å². The molecule has 4 nitrogen and oxygen atoms in total. The molecule has 2 atom stereocenters. The second-order valence-electron chi connectivity index (χ2n) is 4.50. The molecule has 1 aromatic carbocycles. The predicted octanol–water partition coefficient (Wildman–Crippen LogP) is 2.81. The summed E-state index contributed by atoms with van der Waals surface area (Å²) < 4.78 is 6.00. The molecule has 2 rings (SSSR count). The summed E-state index contributed by atoms with van der Waals surface area (Å²) in [5.74, 6) is 0.556. The van der Waals surface area contributed by atoms with Crippen molar-refractivity contribution in [2.75, 3.05) is 0 Å². The molecule has 0 aliphatic carbocycles. The van der Waals surface area contributed by atoms with Gasteiger partial charge in [-0.25, -0.2) is 0 Å². The Kier molecular flexibility index (Phi) is 4.70. The summed E-state index contributed by atoms with van der Waals surface area (Å²) in [6.45, 7) is 2.01. The van der Waals surface area contributed by atoms with Crippen LogP contribution in [0.5, 0.6) is 5.75 Å². The summed E-state index contributed by atoms with van der Waals surface area (Å²) in [5, 5.41) is 9.13. The maximum atomic E-state index is 9.13. The van der Waals surface area contributed by atoms with Gasteiger partial charge in [0.05, 0.1) is 5.56 Å². The van der Waals surface area contributed by atoms with Gasteiger partial charge in [-0.2, -0.15) is 5.26 Å². The Balaban J connectivity index is 2.32. The van der Waals surface area contributed by atoms with Crippen LogP contribution in [0, 0.1) is 11.3 Å². The fraction of sp³-hybridized carbons (Fsp3) is 0.250. The number of nitrogens with two attached hydrogens (primary N) is 1. The zero-order valence-corrected chi connectivity index (χ0v) is 11.4. The van der Waals surface area contributed by atoms with E-state index in [1.165, 1.54) is 0 Å². The van der Waals surface area contributed by atoms with Gasteiger partial charge in [0.15, 0.2) is 0 Å². The molecule has 0 spiro atoms. The number of benzene rings is 1. The lowest BCUT2D eigenvalue weighted by Gasteiger charge is -2.25. The van der Waals surface area contributed by atoms with Crippen molar-refractivity contribution in [3.63, 3.8) is 0 Å². The first-order valence-electron chi connectivity index (χ1n) is 6.57. The van der Waals surface area contributed by atoms with Gasteiger partial charge >= 0.3 is 0 Å². The Morgan fingerprint density at radius 2 is 1.95 bits per heavy atom. The van der Waals surface area contributed by atoms with Crippen molar-refractivity contribution in [3.8, 4) is 11.8 Å². The van der Waals surface area contributed by atoms with E-state index < -0.39 is 0 Å². The molecule has 0 aliphatic heterocycles. The normalized spacial score (nSPS) is 13.2. The fourth-order valence-electron chi connectivity index (χ4n) is 1.97. The van der Waals surface area contributed by atoms with E-state index >= 15 is 0 Å². The third-order valence-corrected chi connectivity index (χ3v) is 3.16. The van der Waals surface area contributed by atoms with Crippen LogP contribution in [0.3, 0.4) is 0 Å². The molecule has 0 bridgehead atoms. The number of pyridine rings is 1. The molecule has 0 amide bonds. The Bertz CT molecular complexity index is 592. The Hall–Kier alpha value is -2.38. The zero-order chi connectivity index (χ0) is 14.4. The van der Waals surface area contributed by atoms with Crippen LogP contribution in [0.25, 0.3) is 0 Å². The van der Waals surface area contributed by atoms with E-state index in [1.807, 2.05) is 31.2 Å². The van der Waals surface area contributed by atoms with Gasteiger partial charge in [-0.05, 0) is 36.2 Å². The standard InChI is InChI=1S/C16H17N3O/c1-2-14(18)16(12-7-9-19-10-8-12)20-15-6-4-3-5-13(15)11-17/h3-10,14,16H,2,18H2,1H3. The minimum absolute atomic E-state index is 0.149. The van der Waals surface area contributed by atoms with Crippen molar-refractivity contribution < 1.29 is 4.74 Å². The van der Waals surface area contributed by atoms with E-state index in [-0.39, 0.29) is 12.1 Å². The van der Waals surface area contributed by atoms with E-state index in [0.29, 0.717) is 11.3 Å². The molecule has 2 aromatic rings. The summed E-state index contributed by atoms with van der Waals surface area (Å²) in [7, 11) is 0. The zero-order valence-electron chi connectivity index (χ0n) is 11.4. The number of aromatic nitrogens is 1. The van der Waals surface area contributed by atoms with Crippen molar-refractivity contribution in [3.05, 3.63) is 59.9 Å². The number of hydrogen-bond acceptors (Lipinski definition) is 4. The average molecular weight is 267 g/mol. The van der Waals surface area contributed by atoms with Crippen LogP contribution in [-0.2, 0) is 0 Å². The molecule has 1 aromatic heterocycles. The number of para-hydroxylation sites is 1. The van der Waals surface area contributed by atoms with Gasteiger partial charge in [-0.3, -0.25) is 4.98 Å². The average Bonchev–Trinajstić information content (AvgIpc) is 2.53. The lowest BCUT2D eigenvalue weighted by molar-refractivity contribution is 0.170. The Labute approximate surface area is 118 Å². The van der Waals surface area contributed by atoms with Crippen molar-refractivity contribution >= 4 is 0 Å². The molecular formula is C16H17N3O. The number of rotatable bonds is 5. The first-order valence-corrected chi connectivity index (χ1v) is 6.57. The molecule has 102 valence electrons. The van der Waals surface area contributed by atoms with Crippen LogP contribution in [0.1, 0.15) is 30.6 Å². The van der Waals surface area contributed by atoms with E-state index in [2.05, 4.69) is 11.1 Å². The maximum absolute atomic E-state index is 9.13. The van der Waals surface area contributed by atoms with Crippen LogP contribution in [-0.4, -0.2) is 11.0 Å². The molecule has 2 unspecified atom stereocenters. The highest BCUT2D eigenvalue weighted by molar-refractivity contribution is 5.43. The van der Waals surface area contributed by atoms with E-state index in [0.717, 1.165) is 12.0 Å². The second kappa shape index (κ2) is 6.69. The number of nitriles is 1. The maximum Gasteiger partial charge on any atom is 0.139 e. The SMILES string of the molecule is CCC(N)C(Oc1ccccc1C#N)c1ccncc1. The monoisotopic (exact) mass is 267 g/mol. The van der Waals surface area contributed by atoms with Crippen molar-refractivity contribution in [1.82, 2.24) is 4.98 Å². The van der Waals surface area contributed by atoms with Crippen molar-refractivity contribution in [2.24, 2.45) is 5.73 Å². The number of ether oxygens (including phenoxy) is 1. The molecule has 0 saturated heterocycles. The van der Waals surface area contributed by atoms with Crippen LogP contribution >= 0.6 is 0 Å². The van der Waals surface area contributed by atoms with Crippen molar-refractivity contribution in [1.29, 1.82) is 5.26 Å². The second-order valence-corrected chi connectivity index (χ2v) is 4.50. The van der Waals surface area contributed by atoms with Crippen LogP contribution < -0.4 is 10.5 Å². The fourth-order valence-corrected chi connectivity index (χ4v) is 1.97. The highest BCUT2D eigenvalue weighted by atomic mass is 16.5. The summed E-state index contributed by atoms with van der Waals surface area (Å²) in [5.41, 5.74) is 7.63. The van der Waals surface area contributed by atoms with E-state index in [1.54, 1.807) is 24.5 Å². The van der Waals surface area contributed by atoms with Gasteiger partial charge in [0, 0.05) is 18.4 Å². The number of nitrogens with zero attached hydrogens (tertiary/aromatic N) is 2. The summed E-state index contributed by atoms with van der Waals surface area (Å²) in [6.07, 6.45) is 3.91. The highest BCUT2D eigenvalue weighted by Crippen LogP contribution is 2.27. The third-order valence-electron chi connectivity index (χ3n) is 3.16. The summed E-state index contributed by atoms with van der Waals surface area (Å²) >= 11 is 0. The molecule has 0 fully saturated rings. The molecule has 0 radical (unpaired) electrons. The van der Waals surface area contributed by atoms with Gasteiger partial charge in [-0.1, -0.05) is 19.1 Å². The predicted molar refractivity (Wildman–Crippen MR) is 77.0 cm³/mol. The number of hydrogen-bond donors (Lipinski definition) is 1. The first kappa shape index (κ1) is 14.0. The van der Waals surface area contributed by atoms with Gasteiger partial charge in [-0.15, -0.1) is 0 Å². The van der Waals surface area contributed by atoms with Gasteiger partial charge in [0.25, 0.3) is 0 Å². The Morgan fingerprint density at radius 1 is 1.25 bits per heavy atom. The summed E-state index contributed by atoms with van der Waals surface area (Å²) in [4.78, 5) is 4.00. The minimum Gasteiger partial charge on any atom is -0.483 e. The van der Waals surface area contributed by atoms with Crippen LogP contribution in [0.4, 0.5) is 0 Å². The molecular weight excluding hydrogens is 250 g/mol. The lowest BCUT2D eigenvalue weighted by atomic mass is 10.0. The Morgan fingerprint density at radius 3 is 2.60 bits per heavy atom. The molecule has 4 heteroatoms. The lowest BCUT2D eigenvalue weighted by Crippen LogP contribution is -2.31. The highest BCUT2D eigenvalue weighted by Gasteiger charge is 2.21. The van der Waals surface area contributed by atoms with Crippen LogP contribution in [0.15, 0.2) is 48.8 Å². The topological polar surface area (TPSA) is 71.9 Å². The summed E-state index contributed by atoms with van der Waals surface area (Å²) in [6, 6.07) is 12.9. The van der Waals surface area contributed by atoms with Gasteiger partial charge < -0.3 is 10.5 Å². The molecule has 0 aliphatic rings. The quantitative estimate of drug-likeness (QED) is 0.904. The molecule has 0 saturated carbocycles. The van der Waals surface area contributed by atoms with Gasteiger partial charge in [0.1, 0.15) is 17.9 Å². The smallest absolute Gasteiger partial charge is 0.139 e. The first-order chi connectivity index (χ1) is 9.76. The largest absolute Gasteiger partial charge is 0.483 e. The molecule has 1 heterocycles.